The van der Waals surface area contributed by atoms with Gasteiger partial charge in [-0.05, 0) is 30.0 Å². The average Bonchev–Trinajstić information content (AvgIpc) is 3.26. The van der Waals surface area contributed by atoms with Gasteiger partial charge in [0.1, 0.15) is 11.5 Å². The zero-order chi connectivity index (χ0) is 22.9. The summed E-state index contributed by atoms with van der Waals surface area (Å²) in [5.41, 5.74) is 4.51. The Hall–Kier alpha value is -2.95. The van der Waals surface area contributed by atoms with Gasteiger partial charge in [0.2, 0.25) is 5.91 Å². The molecule has 1 atom stereocenters. The Balaban J connectivity index is 1.95. The first-order valence-electron chi connectivity index (χ1n) is 11.7. The Morgan fingerprint density at radius 2 is 1.88 bits per heavy atom. The lowest BCUT2D eigenvalue weighted by Gasteiger charge is -2.20. The zero-order valence-electron chi connectivity index (χ0n) is 19.8. The molecule has 1 heterocycles. The van der Waals surface area contributed by atoms with Crippen LogP contribution in [0.1, 0.15) is 68.6 Å². The lowest BCUT2D eigenvalue weighted by Crippen LogP contribution is -2.26. The second-order valence-corrected chi connectivity index (χ2v) is 8.21. The fraction of sp³-hybridized carbons (Fsp3) is 0.444. The highest BCUT2D eigenvalue weighted by molar-refractivity contribution is 5.88. The van der Waals surface area contributed by atoms with E-state index in [0.717, 1.165) is 59.3 Å². The van der Waals surface area contributed by atoms with Crippen LogP contribution >= 0.6 is 0 Å². The third-order valence-corrected chi connectivity index (χ3v) is 6.15. The summed E-state index contributed by atoms with van der Waals surface area (Å²) < 4.78 is 11.1. The maximum absolute atomic E-state index is 12.9. The summed E-state index contributed by atoms with van der Waals surface area (Å²) in [7, 11) is 3.30. The van der Waals surface area contributed by atoms with E-state index in [-0.39, 0.29) is 11.8 Å². The Labute approximate surface area is 191 Å². The van der Waals surface area contributed by atoms with Gasteiger partial charge in [0.05, 0.1) is 14.2 Å². The van der Waals surface area contributed by atoms with Crippen LogP contribution in [0.2, 0.25) is 0 Å². The molecule has 0 fully saturated rings. The van der Waals surface area contributed by atoms with E-state index in [2.05, 4.69) is 42.3 Å². The molecular formula is C27H36N2O3. The number of hydrogen-bond donors (Lipinski definition) is 2. The number of fused-ring (bicyclic) bond motifs is 1. The Bertz CT molecular complexity index is 1020. The lowest BCUT2D eigenvalue weighted by molar-refractivity contribution is -0.121. The molecule has 3 aromatic rings. The van der Waals surface area contributed by atoms with Crippen molar-refractivity contribution < 1.29 is 14.3 Å². The Morgan fingerprint density at radius 3 is 2.59 bits per heavy atom. The quantitative estimate of drug-likeness (QED) is 0.344. The molecule has 32 heavy (non-hydrogen) atoms. The number of carbonyl (C=O) groups excluding carboxylic acids is 1. The minimum absolute atomic E-state index is 0.0605. The van der Waals surface area contributed by atoms with E-state index < -0.39 is 0 Å². The molecule has 0 aliphatic heterocycles. The van der Waals surface area contributed by atoms with Crippen molar-refractivity contribution in [3.63, 3.8) is 0 Å². The van der Waals surface area contributed by atoms with Gasteiger partial charge in [0.15, 0.2) is 0 Å². The summed E-state index contributed by atoms with van der Waals surface area (Å²) in [5, 5.41) is 4.28. The van der Waals surface area contributed by atoms with Crippen LogP contribution in [0.3, 0.4) is 0 Å². The first-order chi connectivity index (χ1) is 15.6. The molecule has 0 spiro atoms. The topological polar surface area (TPSA) is 63.4 Å². The van der Waals surface area contributed by atoms with Crippen molar-refractivity contribution >= 4 is 16.8 Å². The third-order valence-electron chi connectivity index (χ3n) is 6.15. The number of aromatic amines is 1. The predicted molar refractivity (Wildman–Crippen MR) is 131 cm³/mol. The maximum Gasteiger partial charge on any atom is 0.220 e. The van der Waals surface area contributed by atoms with E-state index in [4.69, 9.17) is 9.47 Å². The summed E-state index contributed by atoms with van der Waals surface area (Å²) in [4.78, 5) is 16.4. The smallest absolute Gasteiger partial charge is 0.220 e. The van der Waals surface area contributed by atoms with Crippen molar-refractivity contribution in [3.8, 4) is 11.5 Å². The molecule has 172 valence electrons. The molecule has 5 heteroatoms. The number of para-hydroxylation sites is 1. The van der Waals surface area contributed by atoms with E-state index in [9.17, 15) is 4.79 Å². The van der Waals surface area contributed by atoms with Crippen LogP contribution in [0.25, 0.3) is 10.9 Å². The van der Waals surface area contributed by atoms with Crippen LogP contribution < -0.4 is 14.8 Å². The monoisotopic (exact) mass is 436 g/mol. The fourth-order valence-corrected chi connectivity index (χ4v) is 4.35. The van der Waals surface area contributed by atoms with Crippen molar-refractivity contribution in [1.82, 2.24) is 10.3 Å². The summed E-state index contributed by atoms with van der Waals surface area (Å²) in [6, 6.07) is 12.2. The highest BCUT2D eigenvalue weighted by Gasteiger charge is 2.25. The molecule has 5 nitrogen and oxygen atoms in total. The van der Waals surface area contributed by atoms with Gasteiger partial charge < -0.3 is 19.8 Å². The standard InChI is InChI=1S/C27H36N2O3/c1-5-7-8-9-15-28-26(30)17-23(21-14-13-20(31-3)16-25(21)32-4)24-18-29-27-19(6-2)11-10-12-22(24)27/h10-14,16,18,23,29H,5-9,15,17H2,1-4H3,(H,28,30). The molecule has 0 bridgehead atoms. The number of aryl methyl sites for hydroxylation is 1. The van der Waals surface area contributed by atoms with Crippen molar-refractivity contribution in [3.05, 3.63) is 59.3 Å². The van der Waals surface area contributed by atoms with Gasteiger partial charge in [0, 0.05) is 47.6 Å². The molecule has 0 aliphatic rings. The lowest BCUT2D eigenvalue weighted by atomic mass is 9.87. The van der Waals surface area contributed by atoms with E-state index >= 15 is 0 Å². The largest absolute Gasteiger partial charge is 0.497 e. The van der Waals surface area contributed by atoms with Gasteiger partial charge in [-0.2, -0.15) is 0 Å². The second kappa shape index (κ2) is 11.6. The zero-order valence-corrected chi connectivity index (χ0v) is 19.8. The van der Waals surface area contributed by atoms with Crippen LogP contribution in [0.4, 0.5) is 0 Å². The first kappa shape index (κ1) is 23.7. The van der Waals surface area contributed by atoms with Crippen molar-refractivity contribution in [2.75, 3.05) is 20.8 Å². The van der Waals surface area contributed by atoms with Gasteiger partial charge in [-0.3, -0.25) is 4.79 Å². The number of nitrogens with one attached hydrogen (secondary N) is 2. The second-order valence-electron chi connectivity index (χ2n) is 8.21. The van der Waals surface area contributed by atoms with Crippen LogP contribution in [-0.4, -0.2) is 31.7 Å². The summed E-state index contributed by atoms with van der Waals surface area (Å²) >= 11 is 0. The number of amides is 1. The van der Waals surface area contributed by atoms with Gasteiger partial charge >= 0.3 is 0 Å². The van der Waals surface area contributed by atoms with E-state index in [1.54, 1.807) is 14.2 Å². The number of unbranched alkanes of at least 4 members (excludes halogenated alkanes) is 3. The van der Waals surface area contributed by atoms with Gasteiger partial charge in [-0.15, -0.1) is 0 Å². The van der Waals surface area contributed by atoms with Gasteiger partial charge in [-0.25, -0.2) is 0 Å². The molecule has 1 aromatic heterocycles. The molecular weight excluding hydrogens is 400 g/mol. The molecule has 0 saturated carbocycles. The Morgan fingerprint density at radius 1 is 1.03 bits per heavy atom. The summed E-state index contributed by atoms with van der Waals surface area (Å²) in [6.07, 6.45) is 7.92. The number of H-pyrrole nitrogens is 1. The van der Waals surface area contributed by atoms with Crippen molar-refractivity contribution in [2.45, 2.75) is 58.3 Å². The summed E-state index contributed by atoms with van der Waals surface area (Å²) in [5.74, 6) is 1.39. The molecule has 3 rings (SSSR count). The highest BCUT2D eigenvalue weighted by atomic mass is 16.5. The minimum Gasteiger partial charge on any atom is -0.497 e. The number of hydrogen-bond acceptors (Lipinski definition) is 3. The number of ether oxygens (including phenoxy) is 2. The van der Waals surface area contributed by atoms with Crippen LogP contribution in [0, 0.1) is 0 Å². The number of methoxy groups -OCH3 is 2. The molecule has 1 amide bonds. The van der Waals surface area contributed by atoms with E-state index in [0.29, 0.717) is 6.42 Å². The molecule has 0 radical (unpaired) electrons. The predicted octanol–water partition coefficient (Wildman–Crippen LogP) is 5.97. The minimum atomic E-state index is -0.132. The molecule has 0 aliphatic carbocycles. The normalized spacial score (nSPS) is 12.0. The summed E-state index contributed by atoms with van der Waals surface area (Å²) in [6.45, 7) is 5.07. The number of rotatable bonds is 12. The Kier molecular flexibility index (Phi) is 8.60. The van der Waals surface area contributed by atoms with Gasteiger partial charge in [0.25, 0.3) is 0 Å². The van der Waals surface area contributed by atoms with Gasteiger partial charge in [-0.1, -0.05) is 57.4 Å². The molecule has 0 saturated heterocycles. The fourth-order valence-electron chi connectivity index (χ4n) is 4.35. The molecule has 2 N–H and O–H groups in total. The first-order valence-corrected chi connectivity index (χ1v) is 11.7. The number of aromatic nitrogens is 1. The number of benzene rings is 2. The van der Waals surface area contributed by atoms with Crippen LogP contribution in [0.5, 0.6) is 11.5 Å². The van der Waals surface area contributed by atoms with Crippen LogP contribution in [0.15, 0.2) is 42.6 Å². The van der Waals surface area contributed by atoms with Crippen LogP contribution in [-0.2, 0) is 11.2 Å². The molecule has 1 unspecified atom stereocenters. The van der Waals surface area contributed by atoms with E-state index in [1.165, 1.54) is 18.4 Å². The number of carbonyl (C=O) groups is 1. The third kappa shape index (κ3) is 5.45. The van der Waals surface area contributed by atoms with Crippen molar-refractivity contribution in [2.24, 2.45) is 0 Å². The van der Waals surface area contributed by atoms with Crippen molar-refractivity contribution in [1.29, 1.82) is 0 Å². The molecule has 2 aromatic carbocycles. The maximum atomic E-state index is 12.9. The highest BCUT2D eigenvalue weighted by Crippen LogP contribution is 2.39. The van der Waals surface area contributed by atoms with E-state index in [1.807, 2.05) is 24.4 Å². The average molecular weight is 437 g/mol. The SMILES string of the molecule is CCCCCCNC(=O)CC(c1ccc(OC)cc1OC)c1c[nH]c2c(CC)cccc12.